The number of nitrogens with zero attached hydrogens (tertiary/aromatic N) is 2. The van der Waals surface area contributed by atoms with Gasteiger partial charge in [0.05, 0.1) is 18.8 Å². The predicted octanol–water partition coefficient (Wildman–Crippen LogP) is 2.95. The molecule has 3 aromatic rings. The number of amides is 1. The standard InChI is InChI=1S/C21H19F2N3O2.CH2O2/c22-17-7-6-15(10-18(17)23)21(27)24-11-19-20-16(8-9-28-19)13-26(25-20)12-14-4-2-1-3-5-14;2-1-3/h1-7,10,13,19H,8-9,11-12H2,(H,24,27);1H,(H,2,3). The Morgan fingerprint density at radius 1 is 1.23 bits per heavy atom. The molecule has 0 spiro atoms. The summed E-state index contributed by atoms with van der Waals surface area (Å²) in [5.41, 5.74) is 3.10. The van der Waals surface area contributed by atoms with Gasteiger partial charge in [0, 0.05) is 18.3 Å². The van der Waals surface area contributed by atoms with Crippen molar-refractivity contribution in [2.75, 3.05) is 13.2 Å². The van der Waals surface area contributed by atoms with E-state index in [1.807, 2.05) is 41.2 Å². The second-order valence-electron chi connectivity index (χ2n) is 6.78. The molecule has 1 atom stereocenters. The Morgan fingerprint density at radius 2 is 1.97 bits per heavy atom. The van der Waals surface area contributed by atoms with Crippen LogP contribution in [0.2, 0.25) is 0 Å². The summed E-state index contributed by atoms with van der Waals surface area (Å²) >= 11 is 0. The van der Waals surface area contributed by atoms with Crippen LogP contribution in [-0.4, -0.2) is 40.4 Å². The molecule has 0 aliphatic carbocycles. The van der Waals surface area contributed by atoms with Crippen LogP contribution >= 0.6 is 0 Å². The number of hydrogen-bond acceptors (Lipinski definition) is 4. The first-order chi connectivity index (χ1) is 15.0. The van der Waals surface area contributed by atoms with Crippen molar-refractivity contribution in [1.82, 2.24) is 15.1 Å². The molecule has 162 valence electrons. The monoisotopic (exact) mass is 429 g/mol. The van der Waals surface area contributed by atoms with Crippen molar-refractivity contribution in [3.63, 3.8) is 0 Å². The first-order valence-corrected chi connectivity index (χ1v) is 9.54. The fraction of sp³-hybridized carbons (Fsp3) is 0.227. The number of rotatable bonds is 5. The highest BCUT2D eigenvalue weighted by Gasteiger charge is 2.25. The molecule has 0 saturated heterocycles. The third-order valence-corrected chi connectivity index (χ3v) is 4.68. The summed E-state index contributed by atoms with van der Waals surface area (Å²) in [6.07, 6.45) is 2.39. The normalized spacial score (nSPS) is 14.7. The largest absolute Gasteiger partial charge is 0.483 e. The molecule has 1 aromatic heterocycles. The summed E-state index contributed by atoms with van der Waals surface area (Å²) in [5, 5.41) is 14.2. The molecule has 2 aromatic carbocycles. The first kappa shape index (κ1) is 22.1. The van der Waals surface area contributed by atoms with Gasteiger partial charge in [-0.3, -0.25) is 14.3 Å². The number of fused-ring (bicyclic) bond motifs is 1. The van der Waals surface area contributed by atoms with Crippen LogP contribution in [0.3, 0.4) is 0 Å². The van der Waals surface area contributed by atoms with Gasteiger partial charge in [-0.2, -0.15) is 5.10 Å². The maximum atomic E-state index is 13.3. The molecule has 9 heteroatoms. The van der Waals surface area contributed by atoms with Crippen LogP contribution in [-0.2, 0) is 22.5 Å². The van der Waals surface area contributed by atoms with Crippen molar-refractivity contribution in [1.29, 1.82) is 0 Å². The zero-order valence-corrected chi connectivity index (χ0v) is 16.5. The average molecular weight is 429 g/mol. The van der Waals surface area contributed by atoms with Gasteiger partial charge in [0.25, 0.3) is 12.4 Å². The van der Waals surface area contributed by atoms with Gasteiger partial charge in [0.15, 0.2) is 11.6 Å². The van der Waals surface area contributed by atoms with Crippen LogP contribution in [0.4, 0.5) is 8.78 Å². The molecule has 7 nitrogen and oxygen atoms in total. The molecule has 31 heavy (non-hydrogen) atoms. The fourth-order valence-corrected chi connectivity index (χ4v) is 3.26. The Bertz CT molecular complexity index is 1040. The van der Waals surface area contributed by atoms with E-state index in [1.165, 1.54) is 6.07 Å². The minimum atomic E-state index is -1.05. The van der Waals surface area contributed by atoms with Gasteiger partial charge in [-0.25, -0.2) is 8.78 Å². The summed E-state index contributed by atoms with van der Waals surface area (Å²) in [5.74, 6) is -2.53. The Morgan fingerprint density at radius 3 is 2.68 bits per heavy atom. The van der Waals surface area contributed by atoms with Crippen LogP contribution in [0.25, 0.3) is 0 Å². The molecule has 1 unspecified atom stereocenters. The molecule has 0 fully saturated rings. The number of benzene rings is 2. The molecule has 0 saturated carbocycles. The lowest BCUT2D eigenvalue weighted by Gasteiger charge is -2.22. The number of carboxylic acid groups (broad SMARTS) is 1. The van der Waals surface area contributed by atoms with E-state index in [2.05, 4.69) is 10.4 Å². The second kappa shape index (κ2) is 10.4. The predicted molar refractivity (Wildman–Crippen MR) is 108 cm³/mol. The number of aromatic nitrogens is 2. The van der Waals surface area contributed by atoms with E-state index >= 15 is 0 Å². The quantitative estimate of drug-likeness (QED) is 0.609. The van der Waals surface area contributed by atoms with E-state index in [1.54, 1.807) is 0 Å². The second-order valence-corrected chi connectivity index (χ2v) is 6.78. The topological polar surface area (TPSA) is 93.5 Å². The van der Waals surface area contributed by atoms with Crippen molar-refractivity contribution in [2.45, 2.75) is 19.1 Å². The number of hydrogen-bond donors (Lipinski definition) is 2. The van der Waals surface area contributed by atoms with Crippen LogP contribution in [0.1, 0.15) is 33.3 Å². The van der Waals surface area contributed by atoms with E-state index in [-0.39, 0.29) is 24.7 Å². The molecular formula is C22H21F2N3O4. The maximum absolute atomic E-state index is 13.3. The third kappa shape index (κ3) is 5.73. The molecule has 1 aliphatic rings. The molecule has 0 radical (unpaired) electrons. The zero-order valence-electron chi connectivity index (χ0n) is 16.5. The van der Waals surface area contributed by atoms with Gasteiger partial charge >= 0.3 is 0 Å². The lowest BCUT2D eigenvalue weighted by Crippen LogP contribution is -2.32. The smallest absolute Gasteiger partial charge is 0.290 e. The Kier molecular flexibility index (Phi) is 7.45. The van der Waals surface area contributed by atoms with Crippen LogP contribution in [0.5, 0.6) is 0 Å². The van der Waals surface area contributed by atoms with E-state index in [0.717, 1.165) is 35.4 Å². The van der Waals surface area contributed by atoms with Gasteiger partial charge in [0.2, 0.25) is 0 Å². The Labute approximate surface area is 177 Å². The highest BCUT2D eigenvalue weighted by atomic mass is 19.2. The van der Waals surface area contributed by atoms with Crippen molar-refractivity contribution in [2.24, 2.45) is 0 Å². The average Bonchev–Trinajstić information content (AvgIpc) is 3.18. The number of nitrogens with one attached hydrogen (secondary N) is 1. The fourth-order valence-electron chi connectivity index (χ4n) is 3.26. The van der Waals surface area contributed by atoms with E-state index in [4.69, 9.17) is 14.6 Å². The molecular weight excluding hydrogens is 408 g/mol. The molecule has 1 aliphatic heterocycles. The Hall–Kier alpha value is -3.59. The lowest BCUT2D eigenvalue weighted by molar-refractivity contribution is -0.122. The van der Waals surface area contributed by atoms with Gasteiger partial charge in [-0.1, -0.05) is 30.3 Å². The molecule has 4 rings (SSSR count). The number of ether oxygens (including phenoxy) is 1. The highest BCUT2D eigenvalue weighted by molar-refractivity contribution is 5.94. The summed E-state index contributed by atoms with van der Waals surface area (Å²) in [7, 11) is 0. The van der Waals surface area contributed by atoms with Crippen LogP contribution in [0, 0.1) is 11.6 Å². The van der Waals surface area contributed by atoms with Crippen molar-refractivity contribution in [3.8, 4) is 0 Å². The first-order valence-electron chi connectivity index (χ1n) is 9.54. The van der Waals surface area contributed by atoms with Crippen molar-refractivity contribution >= 4 is 12.4 Å². The minimum absolute atomic E-state index is 0.0598. The summed E-state index contributed by atoms with van der Waals surface area (Å²) in [6, 6.07) is 13.1. The van der Waals surface area contributed by atoms with E-state index in [9.17, 15) is 13.6 Å². The van der Waals surface area contributed by atoms with Crippen molar-refractivity contribution < 1.29 is 28.2 Å². The molecule has 2 heterocycles. The van der Waals surface area contributed by atoms with E-state index < -0.39 is 17.5 Å². The SMILES string of the molecule is O=C(NCC1OCCc2cn(Cc3ccccc3)nc21)c1ccc(F)c(F)c1.O=CO. The summed E-state index contributed by atoms with van der Waals surface area (Å²) < 4.78 is 34.0. The van der Waals surface area contributed by atoms with Gasteiger partial charge in [-0.15, -0.1) is 0 Å². The Balaban J connectivity index is 0.000000858. The third-order valence-electron chi connectivity index (χ3n) is 4.68. The van der Waals surface area contributed by atoms with Gasteiger partial charge in [0.1, 0.15) is 6.10 Å². The van der Waals surface area contributed by atoms with Crippen molar-refractivity contribution in [3.05, 3.63) is 88.7 Å². The lowest BCUT2D eigenvalue weighted by atomic mass is 10.1. The van der Waals surface area contributed by atoms with Gasteiger partial charge < -0.3 is 15.2 Å². The van der Waals surface area contributed by atoms with Gasteiger partial charge in [-0.05, 0) is 35.7 Å². The van der Waals surface area contributed by atoms with Crippen LogP contribution < -0.4 is 5.32 Å². The summed E-state index contributed by atoms with van der Waals surface area (Å²) in [4.78, 5) is 20.6. The van der Waals surface area contributed by atoms with E-state index in [0.29, 0.717) is 13.2 Å². The molecule has 2 N–H and O–H groups in total. The minimum Gasteiger partial charge on any atom is -0.483 e. The zero-order chi connectivity index (χ0) is 22.2. The molecule has 1 amide bonds. The highest BCUT2D eigenvalue weighted by Crippen LogP contribution is 2.25. The number of halogens is 2. The molecule has 0 bridgehead atoms. The maximum Gasteiger partial charge on any atom is 0.290 e. The summed E-state index contributed by atoms with van der Waals surface area (Å²) in [6.45, 7) is 1.14. The number of carbonyl (C=O) groups is 2. The number of carbonyl (C=O) groups excluding carboxylic acids is 1. The van der Waals surface area contributed by atoms with Crippen LogP contribution in [0.15, 0.2) is 54.7 Å².